The molecule has 0 spiro atoms. The maximum absolute atomic E-state index is 12.2. The molecule has 0 aliphatic heterocycles. The van der Waals surface area contributed by atoms with Gasteiger partial charge in [-0.25, -0.2) is 4.79 Å². The molecule has 1 aromatic heterocycles. The molecule has 1 aliphatic carbocycles. The Balaban J connectivity index is 2.19. The Kier molecular flexibility index (Phi) is 4.31. The molecule has 0 amide bonds. The minimum atomic E-state index is -0.514. The Morgan fingerprint density at radius 1 is 1.40 bits per heavy atom. The molecule has 0 unspecified atom stereocenters. The Hall–Kier alpha value is -1.58. The van der Waals surface area contributed by atoms with E-state index in [1.165, 1.54) is 26.4 Å². The maximum Gasteiger partial charge on any atom is 0.342 e. The van der Waals surface area contributed by atoms with Crippen LogP contribution in [0.2, 0.25) is 0 Å². The molecule has 110 valence electrons. The molecule has 20 heavy (non-hydrogen) atoms. The number of pyridine rings is 1. The number of aromatic nitrogens is 1. The van der Waals surface area contributed by atoms with Gasteiger partial charge >= 0.3 is 5.97 Å². The van der Waals surface area contributed by atoms with Crippen molar-refractivity contribution in [3.63, 3.8) is 0 Å². The lowest BCUT2D eigenvalue weighted by molar-refractivity contribution is 0.00661. The molecule has 2 rings (SSSR count). The van der Waals surface area contributed by atoms with E-state index in [0.29, 0.717) is 17.2 Å². The topological polar surface area (TPSA) is 48.4 Å². The fourth-order valence-electron chi connectivity index (χ4n) is 2.25. The van der Waals surface area contributed by atoms with E-state index in [4.69, 9.17) is 9.47 Å². The number of hydrogen-bond donors (Lipinski definition) is 0. The molecule has 1 aromatic rings. The largest absolute Gasteiger partial charge is 0.494 e. The number of carbonyl (C=O) groups excluding carboxylic acids is 1. The second-order valence-electron chi connectivity index (χ2n) is 6.38. The minimum Gasteiger partial charge on any atom is -0.494 e. The molecule has 4 heteroatoms. The third-order valence-corrected chi connectivity index (χ3v) is 3.49. The quantitative estimate of drug-likeness (QED) is 0.791. The molecule has 4 nitrogen and oxygen atoms in total. The Morgan fingerprint density at radius 3 is 2.60 bits per heavy atom. The minimum absolute atomic E-state index is 0.355. The Labute approximate surface area is 120 Å². The lowest BCUT2D eigenvalue weighted by Crippen LogP contribution is -2.24. The summed E-state index contributed by atoms with van der Waals surface area (Å²) in [5.41, 5.74) is 0.891. The van der Waals surface area contributed by atoms with Gasteiger partial charge in [0.25, 0.3) is 0 Å². The second kappa shape index (κ2) is 5.81. The van der Waals surface area contributed by atoms with E-state index in [0.717, 1.165) is 12.1 Å². The van der Waals surface area contributed by atoms with Crippen molar-refractivity contribution in [2.24, 2.45) is 5.92 Å². The number of methoxy groups -OCH3 is 1. The summed E-state index contributed by atoms with van der Waals surface area (Å²) in [7, 11) is 1.54. The van der Waals surface area contributed by atoms with E-state index in [9.17, 15) is 4.79 Å². The molecule has 1 saturated carbocycles. The summed E-state index contributed by atoms with van der Waals surface area (Å²) in [6.45, 7) is 5.56. The van der Waals surface area contributed by atoms with Crippen molar-refractivity contribution < 1.29 is 14.3 Å². The van der Waals surface area contributed by atoms with Crippen LogP contribution in [0.5, 0.6) is 5.75 Å². The highest BCUT2D eigenvalue weighted by Gasteiger charge is 2.23. The van der Waals surface area contributed by atoms with Crippen molar-refractivity contribution in [3.05, 3.63) is 23.5 Å². The first-order valence-electron chi connectivity index (χ1n) is 7.15. The van der Waals surface area contributed by atoms with Crippen molar-refractivity contribution in [2.45, 2.75) is 52.1 Å². The highest BCUT2D eigenvalue weighted by molar-refractivity contribution is 5.92. The zero-order chi connectivity index (χ0) is 14.8. The first-order valence-corrected chi connectivity index (χ1v) is 7.15. The molecule has 0 atom stereocenters. The number of ether oxygens (including phenoxy) is 2. The molecule has 0 radical (unpaired) electrons. The normalized spacial score (nSPS) is 15.6. The van der Waals surface area contributed by atoms with Crippen molar-refractivity contribution in [3.8, 4) is 5.75 Å². The van der Waals surface area contributed by atoms with Crippen molar-refractivity contribution in [1.82, 2.24) is 4.98 Å². The van der Waals surface area contributed by atoms with E-state index in [1.807, 2.05) is 26.8 Å². The van der Waals surface area contributed by atoms with Gasteiger partial charge < -0.3 is 9.47 Å². The third kappa shape index (κ3) is 3.71. The number of carbonyl (C=O) groups is 1. The molecule has 1 aliphatic rings. The van der Waals surface area contributed by atoms with Crippen LogP contribution in [-0.4, -0.2) is 23.7 Å². The molecule has 1 fully saturated rings. The van der Waals surface area contributed by atoms with Gasteiger partial charge in [0.15, 0.2) is 5.75 Å². The zero-order valence-electron chi connectivity index (χ0n) is 12.7. The summed E-state index contributed by atoms with van der Waals surface area (Å²) in [6, 6.07) is 1.81. The number of rotatable bonds is 4. The molecule has 0 saturated heterocycles. The fraction of sp³-hybridized carbons (Fsp3) is 0.625. The molecule has 0 N–H and O–H groups in total. The van der Waals surface area contributed by atoms with Crippen LogP contribution in [0.15, 0.2) is 12.3 Å². The van der Waals surface area contributed by atoms with Gasteiger partial charge in [0.05, 0.1) is 13.3 Å². The number of hydrogen-bond acceptors (Lipinski definition) is 4. The van der Waals surface area contributed by atoms with Crippen LogP contribution in [0.25, 0.3) is 0 Å². The van der Waals surface area contributed by atoms with Gasteiger partial charge in [-0.15, -0.1) is 0 Å². The van der Waals surface area contributed by atoms with E-state index < -0.39 is 5.60 Å². The van der Waals surface area contributed by atoms with Gasteiger partial charge in [-0.3, -0.25) is 4.98 Å². The van der Waals surface area contributed by atoms with Gasteiger partial charge in [-0.2, -0.15) is 0 Å². The SMILES string of the molecule is COc1cnc(CC2CCC2)cc1C(=O)OC(C)(C)C. The van der Waals surface area contributed by atoms with Crippen molar-refractivity contribution >= 4 is 5.97 Å². The summed E-state index contributed by atoms with van der Waals surface area (Å²) in [4.78, 5) is 16.6. The third-order valence-electron chi connectivity index (χ3n) is 3.49. The van der Waals surface area contributed by atoms with Gasteiger partial charge in [-0.1, -0.05) is 19.3 Å². The van der Waals surface area contributed by atoms with E-state index >= 15 is 0 Å². The number of esters is 1. The van der Waals surface area contributed by atoms with E-state index in [1.54, 1.807) is 6.20 Å². The Bertz CT molecular complexity index is 487. The zero-order valence-corrected chi connectivity index (χ0v) is 12.7. The molecule has 0 bridgehead atoms. The highest BCUT2D eigenvalue weighted by Crippen LogP contribution is 2.30. The number of nitrogens with zero attached hydrogens (tertiary/aromatic N) is 1. The first kappa shape index (κ1) is 14.8. The second-order valence-corrected chi connectivity index (χ2v) is 6.38. The van der Waals surface area contributed by atoms with Gasteiger partial charge in [-0.05, 0) is 39.2 Å². The van der Waals surface area contributed by atoms with Crippen LogP contribution in [0, 0.1) is 5.92 Å². The smallest absolute Gasteiger partial charge is 0.342 e. The molecular weight excluding hydrogens is 254 g/mol. The average Bonchev–Trinajstić information content (AvgIpc) is 2.31. The molecule has 1 heterocycles. The van der Waals surface area contributed by atoms with E-state index in [2.05, 4.69) is 4.98 Å². The Morgan fingerprint density at radius 2 is 2.10 bits per heavy atom. The van der Waals surface area contributed by atoms with Crippen LogP contribution < -0.4 is 4.74 Å². The lowest BCUT2D eigenvalue weighted by atomic mass is 9.82. The van der Waals surface area contributed by atoms with Crippen LogP contribution in [-0.2, 0) is 11.2 Å². The average molecular weight is 277 g/mol. The van der Waals surface area contributed by atoms with Crippen LogP contribution in [0.1, 0.15) is 56.1 Å². The highest BCUT2D eigenvalue weighted by atomic mass is 16.6. The standard InChI is InChI=1S/C16H23NO3/c1-16(2,3)20-15(18)13-9-12(8-11-6-5-7-11)17-10-14(13)19-4/h9-11H,5-8H2,1-4H3. The van der Waals surface area contributed by atoms with Crippen molar-refractivity contribution in [2.75, 3.05) is 7.11 Å². The van der Waals surface area contributed by atoms with Crippen molar-refractivity contribution in [1.29, 1.82) is 0 Å². The lowest BCUT2D eigenvalue weighted by Gasteiger charge is -2.25. The monoisotopic (exact) mass is 277 g/mol. The summed E-state index contributed by atoms with van der Waals surface area (Å²) in [6.07, 6.45) is 6.37. The van der Waals surface area contributed by atoms with Crippen LogP contribution >= 0.6 is 0 Å². The summed E-state index contributed by atoms with van der Waals surface area (Å²) >= 11 is 0. The summed E-state index contributed by atoms with van der Waals surface area (Å²) in [5.74, 6) is 0.825. The summed E-state index contributed by atoms with van der Waals surface area (Å²) < 4.78 is 10.6. The molecular formula is C16H23NO3. The molecule has 0 aromatic carbocycles. The van der Waals surface area contributed by atoms with Gasteiger partial charge in [0.1, 0.15) is 11.2 Å². The van der Waals surface area contributed by atoms with Crippen LogP contribution in [0.3, 0.4) is 0 Å². The predicted octanol–water partition coefficient (Wildman–Crippen LogP) is 3.39. The fourth-order valence-corrected chi connectivity index (χ4v) is 2.25. The maximum atomic E-state index is 12.2. The van der Waals surface area contributed by atoms with Crippen LogP contribution in [0.4, 0.5) is 0 Å². The van der Waals surface area contributed by atoms with Gasteiger partial charge in [0.2, 0.25) is 0 Å². The summed E-state index contributed by atoms with van der Waals surface area (Å²) in [5, 5.41) is 0. The van der Waals surface area contributed by atoms with Gasteiger partial charge in [0, 0.05) is 5.69 Å². The van der Waals surface area contributed by atoms with E-state index in [-0.39, 0.29) is 5.97 Å². The first-order chi connectivity index (χ1) is 9.39. The predicted molar refractivity (Wildman–Crippen MR) is 77.0 cm³/mol.